The Morgan fingerprint density at radius 2 is 2.07 bits per heavy atom. The van der Waals surface area contributed by atoms with Crippen LogP contribution in [0, 0.1) is 12.3 Å². The van der Waals surface area contributed by atoms with Crippen molar-refractivity contribution in [2.24, 2.45) is 0 Å². The first-order valence-corrected chi connectivity index (χ1v) is 5.31. The maximum absolute atomic E-state index is 10.8. The molecule has 1 aromatic carbocycles. The van der Waals surface area contributed by atoms with E-state index in [0.717, 1.165) is 6.07 Å². The number of aryl methyl sites for hydroxylation is 1. The second kappa shape index (κ2) is 3.53. The highest BCUT2D eigenvalue weighted by Gasteiger charge is 2.21. The molecule has 0 atom stereocenters. The summed E-state index contributed by atoms with van der Waals surface area (Å²) in [5, 5.41) is 8.39. The Morgan fingerprint density at radius 1 is 1.50 bits per heavy atom. The zero-order valence-corrected chi connectivity index (χ0v) is 8.67. The molecule has 0 amide bonds. The van der Waals surface area contributed by atoms with Crippen LogP contribution in [-0.2, 0) is 10.1 Å². The van der Waals surface area contributed by atoms with E-state index in [2.05, 4.69) is 4.98 Å². The monoisotopic (exact) mass is 233 g/mol. The zero-order chi connectivity index (χ0) is 10.9. The number of hydrogen-bond acceptors (Lipinski definition) is 3. The van der Waals surface area contributed by atoms with Gasteiger partial charge in [0.15, 0.2) is 4.98 Å². The van der Waals surface area contributed by atoms with Crippen LogP contribution in [0.4, 0.5) is 5.69 Å². The van der Waals surface area contributed by atoms with Gasteiger partial charge in [-0.2, -0.15) is 8.42 Å². The van der Waals surface area contributed by atoms with E-state index in [0.29, 0.717) is 5.56 Å². The normalized spacial score (nSPS) is 11.0. The molecule has 0 bridgehead atoms. The zero-order valence-electron chi connectivity index (χ0n) is 7.10. The van der Waals surface area contributed by atoms with Gasteiger partial charge in [0.2, 0.25) is 5.39 Å². The van der Waals surface area contributed by atoms with E-state index >= 15 is 0 Å². The van der Waals surface area contributed by atoms with Gasteiger partial charge in [0.25, 0.3) is 10.1 Å². The lowest BCUT2D eigenvalue weighted by atomic mass is 10.2. The summed E-state index contributed by atoms with van der Waals surface area (Å²) in [4.78, 5) is 2.38. The largest absolute Gasteiger partial charge is 0.389 e. The summed E-state index contributed by atoms with van der Waals surface area (Å²) < 4.78 is 30.3. The van der Waals surface area contributed by atoms with Crippen molar-refractivity contribution in [1.82, 2.24) is 0 Å². The lowest BCUT2D eigenvalue weighted by Gasteiger charge is -1.98. The molecule has 0 heterocycles. The van der Waals surface area contributed by atoms with Gasteiger partial charge in [0, 0.05) is 5.56 Å². The van der Waals surface area contributed by atoms with E-state index in [4.69, 9.17) is 21.5 Å². The van der Waals surface area contributed by atoms with Crippen molar-refractivity contribution in [2.75, 3.05) is 0 Å². The number of rotatable bonds is 1. The smallest absolute Gasteiger partial charge is 0.282 e. The molecule has 0 radical (unpaired) electrons. The van der Waals surface area contributed by atoms with E-state index in [-0.39, 0.29) is 10.7 Å². The molecular weight excluding hydrogens is 228 g/mol. The van der Waals surface area contributed by atoms with Crippen molar-refractivity contribution in [3.05, 3.63) is 27.7 Å². The summed E-state index contributed by atoms with van der Waals surface area (Å²) in [7, 11) is -4.39. The number of hydrogen-bond donors (Lipinski definition) is 1. The predicted molar refractivity (Wildman–Crippen MR) is 50.7 cm³/mol. The molecule has 0 saturated heterocycles. The average Bonchev–Trinajstić information content (AvgIpc) is 2.02. The molecular formula is C7H6ClN2O3S+. The van der Waals surface area contributed by atoms with Crippen LogP contribution >= 0.6 is 11.6 Å². The highest BCUT2D eigenvalue weighted by molar-refractivity contribution is 7.86. The standard InChI is InChI=1S/C7H5ClN2O3S/c1-4-2-5(8)7(14(11,12)13)3-6(4)10-9/h2-3H,1H3/p+1. The lowest BCUT2D eigenvalue weighted by Crippen LogP contribution is -1.99. The highest BCUT2D eigenvalue weighted by atomic mass is 35.5. The molecule has 0 aliphatic carbocycles. The molecule has 1 N–H and O–H groups in total. The Bertz CT molecular complexity index is 518. The molecule has 0 aliphatic rings. The summed E-state index contributed by atoms with van der Waals surface area (Å²) in [6.45, 7) is 1.59. The Morgan fingerprint density at radius 3 is 2.50 bits per heavy atom. The fraction of sp³-hybridized carbons (Fsp3) is 0.143. The van der Waals surface area contributed by atoms with Gasteiger partial charge in [0.05, 0.1) is 11.1 Å². The third kappa shape index (κ3) is 2.01. The van der Waals surface area contributed by atoms with Gasteiger partial charge in [-0.1, -0.05) is 11.6 Å². The SMILES string of the molecule is Cc1cc(Cl)c(S(=O)(=O)O)cc1[N+]#N. The van der Waals surface area contributed by atoms with E-state index in [1.807, 2.05) is 0 Å². The molecule has 74 valence electrons. The number of nitrogens with zero attached hydrogens (tertiary/aromatic N) is 2. The Hall–Kier alpha value is -1.16. The number of benzene rings is 1. The van der Waals surface area contributed by atoms with E-state index in [1.54, 1.807) is 6.92 Å². The maximum atomic E-state index is 10.8. The van der Waals surface area contributed by atoms with Crippen LogP contribution in [0.5, 0.6) is 0 Å². The van der Waals surface area contributed by atoms with E-state index in [1.165, 1.54) is 6.07 Å². The molecule has 1 rings (SSSR count). The molecule has 0 aromatic heterocycles. The fourth-order valence-corrected chi connectivity index (χ4v) is 2.02. The van der Waals surface area contributed by atoms with E-state index < -0.39 is 15.0 Å². The molecule has 0 aliphatic heterocycles. The van der Waals surface area contributed by atoms with Crippen molar-refractivity contribution >= 4 is 27.4 Å². The van der Waals surface area contributed by atoms with Gasteiger partial charge in [-0.05, 0) is 13.0 Å². The second-order valence-corrected chi connectivity index (χ2v) is 4.44. The molecule has 0 saturated carbocycles. The summed E-state index contributed by atoms with van der Waals surface area (Å²) in [5.41, 5.74) is 0.548. The molecule has 7 heteroatoms. The highest BCUT2D eigenvalue weighted by Crippen LogP contribution is 2.29. The van der Waals surface area contributed by atoms with Crippen molar-refractivity contribution < 1.29 is 13.0 Å². The fourth-order valence-electron chi connectivity index (χ4n) is 0.948. The summed E-state index contributed by atoms with van der Waals surface area (Å²) in [6.07, 6.45) is 0. The molecule has 0 fully saturated rings. The topological polar surface area (TPSA) is 82.5 Å². The van der Waals surface area contributed by atoms with Crippen LogP contribution < -0.4 is 0 Å². The molecule has 5 nitrogen and oxygen atoms in total. The van der Waals surface area contributed by atoms with Crippen LogP contribution in [0.2, 0.25) is 5.02 Å². The van der Waals surface area contributed by atoms with Gasteiger partial charge in [-0.3, -0.25) is 4.55 Å². The van der Waals surface area contributed by atoms with Gasteiger partial charge >= 0.3 is 5.69 Å². The van der Waals surface area contributed by atoms with Crippen molar-refractivity contribution in [1.29, 1.82) is 5.39 Å². The van der Waals surface area contributed by atoms with Crippen molar-refractivity contribution in [3.8, 4) is 0 Å². The van der Waals surface area contributed by atoms with Gasteiger partial charge in [-0.25, -0.2) is 0 Å². The predicted octanol–water partition coefficient (Wildman–Crippen LogP) is 2.38. The number of diazo groups is 1. The summed E-state index contributed by atoms with van der Waals surface area (Å²) in [6, 6.07) is 2.28. The average molecular weight is 234 g/mol. The Balaban J connectivity index is 3.58. The minimum Gasteiger partial charge on any atom is -0.282 e. The first-order valence-electron chi connectivity index (χ1n) is 3.49. The van der Waals surface area contributed by atoms with Gasteiger partial charge in [-0.15, -0.1) is 0 Å². The molecule has 0 spiro atoms. The third-order valence-corrected chi connectivity index (χ3v) is 2.95. The van der Waals surface area contributed by atoms with Crippen LogP contribution in [0.15, 0.2) is 17.0 Å². The van der Waals surface area contributed by atoms with Crippen LogP contribution in [0.25, 0.3) is 4.98 Å². The number of halogens is 1. The van der Waals surface area contributed by atoms with Crippen LogP contribution in [0.1, 0.15) is 5.56 Å². The van der Waals surface area contributed by atoms with Crippen LogP contribution in [0.3, 0.4) is 0 Å². The first kappa shape index (κ1) is 10.9. The third-order valence-electron chi connectivity index (χ3n) is 1.64. The van der Waals surface area contributed by atoms with Gasteiger partial charge < -0.3 is 0 Å². The van der Waals surface area contributed by atoms with Crippen molar-refractivity contribution in [3.63, 3.8) is 0 Å². The van der Waals surface area contributed by atoms with E-state index in [9.17, 15) is 8.42 Å². The van der Waals surface area contributed by atoms with Gasteiger partial charge in [0.1, 0.15) is 4.90 Å². The Labute approximate surface area is 85.7 Å². The molecule has 14 heavy (non-hydrogen) atoms. The summed E-state index contributed by atoms with van der Waals surface area (Å²) >= 11 is 5.58. The van der Waals surface area contributed by atoms with Crippen molar-refractivity contribution in [2.45, 2.75) is 11.8 Å². The minimum absolute atomic E-state index is 0.0435. The lowest BCUT2D eigenvalue weighted by molar-refractivity contribution is 0.483. The minimum atomic E-state index is -4.39. The maximum Gasteiger partial charge on any atom is 0.389 e. The summed E-state index contributed by atoms with van der Waals surface area (Å²) in [5.74, 6) is 0. The second-order valence-electron chi connectivity index (χ2n) is 2.64. The first-order chi connectivity index (χ1) is 6.36. The quantitative estimate of drug-likeness (QED) is 0.596. The molecule has 1 aromatic rings. The molecule has 0 unspecified atom stereocenters. The van der Waals surface area contributed by atoms with Crippen LogP contribution in [-0.4, -0.2) is 13.0 Å². The Kier molecular flexibility index (Phi) is 2.76.